The first-order valence-corrected chi connectivity index (χ1v) is 7.52. The van der Waals surface area contributed by atoms with Crippen molar-refractivity contribution in [1.29, 1.82) is 0 Å². The fourth-order valence-electron chi connectivity index (χ4n) is 1.83. The lowest BCUT2D eigenvalue weighted by molar-refractivity contribution is -0.115. The van der Waals surface area contributed by atoms with Crippen molar-refractivity contribution in [2.75, 3.05) is 5.32 Å². The van der Waals surface area contributed by atoms with Gasteiger partial charge in [0.1, 0.15) is 0 Å². The van der Waals surface area contributed by atoms with E-state index < -0.39 is 0 Å². The van der Waals surface area contributed by atoms with Crippen LogP contribution in [0.4, 0.5) is 5.69 Å². The number of aryl methyl sites for hydroxylation is 1. The van der Waals surface area contributed by atoms with Crippen molar-refractivity contribution in [2.45, 2.75) is 26.8 Å². The van der Waals surface area contributed by atoms with Crippen molar-refractivity contribution in [1.82, 2.24) is 15.3 Å². The molecule has 0 atom stereocenters. The minimum absolute atomic E-state index is 0.189. The van der Waals surface area contributed by atoms with Gasteiger partial charge in [-0.1, -0.05) is 18.5 Å². The van der Waals surface area contributed by atoms with E-state index in [4.69, 9.17) is 11.6 Å². The Kier molecular flexibility index (Phi) is 5.65. The van der Waals surface area contributed by atoms with Crippen LogP contribution in [0.2, 0.25) is 5.02 Å². The van der Waals surface area contributed by atoms with Crippen molar-refractivity contribution in [3.63, 3.8) is 0 Å². The Hall–Kier alpha value is -2.47. The van der Waals surface area contributed by atoms with Gasteiger partial charge in [-0.3, -0.25) is 19.6 Å². The molecule has 120 valence electrons. The summed E-state index contributed by atoms with van der Waals surface area (Å²) < 4.78 is 0. The van der Waals surface area contributed by atoms with Crippen molar-refractivity contribution in [2.24, 2.45) is 0 Å². The van der Waals surface area contributed by atoms with Crippen molar-refractivity contribution < 1.29 is 9.59 Å². The number of anilines is 1. The maximum atomic E-state index is 12.3. The minimum Gasteiger partial charge on any atom is -0.346 e. The molecule has 0 aliphatic heterocycles. The van der Waals surface area contributed by atoms with Gasteiger partial charge in [0.2, 0.25) is 5.91 Å². The zero-order chi connectivity index (χ0) is 16.8. The van der Waals surface area contributed by atoms with Crippen LogP contribution in [0.3, 0.4) is 0 Å². The molecule has 2 aromatic rings. The number of nitrogens with zero attached hydrogens (tertiary/aromatic N) is 2. The third-order valence-corrected chi connectivity index (χ3v) is 3.32. The molecule has 7 heteroatoms. The summed E-state index contributed by atoms with van der Waals surface area (Å²) in [5, 5.41) is 5.87. The van der Waals surface area contributed by atoms with Gasteiger partial charge in [0.05, 0.1) is 35.4 Å². The number of amides is 2. The molecule has 0 saturated heterocycles. The van der Waals surface area contributed by atoms with Crippen LogP contribution in [0.5, 0.6) is 0 Å². The number of nitrogens with one attached hydrogen (secondary N) is 2. The number of rotatable bonds is 5. The molecular formula is C16H17ClN4O2. The Bertz CT molecular complexity index is 717. The van der Waals surface area contributed by atoms with Gasteiger partial charge in [-0.25, -0.2) is 0 Å². The van der Waals surface area contributed by atoms with Crippen LogP contribution >= 0.6 is 11.6 Å². The van der Waals surface area contributed by atoms with E-state index in [0.29, 0.717) is 28.4 Å². The summed E-state index contributed by atoms with van der Waals surface area (Å²) >= 11 is 5.93. The molecule has 0 fully saturated rings. The number of benzene rings is 1. The molecule has 0 spiro atoms. The highest BCUT2D eigenvalue weighted by Crippen LogP contribution is 2.21. The first-order valence-electron chi connectivity index (χ1n) is 7.14. The predicted octanol–water partition coefficient (Wildman–Crippen LogP) is 2.72. The summed E-state index contributed by atoms with van der Waals surface area (Å²) in [6, 6.07) is 4.73. The second kappa shape index (κ2) is 7.69. The average molecular weight is 333 g/mol. The molecule has 6 nitrogen and oxygen atoms in total. The maximum absolute atomic E-state index is 12.3. The Morgan fingerprint density at radius 1 is 1.22 bits per heavy atom. The Morgan fingerprint density at radius 2 is 2.00 bits per heavy atom. The Labute approximate surface area is 139 Å². The zero-order valence-corrected chi connectivity index (χ0v) is 13.6. The third kappa shape index (κ3) is 4.75. The van der Waals surface area contributed by atoms with Crippen LogP contribution in [0, 0.1) is 6.92 Å². The van der Waals surface area contributed by atoms with Gasteiger partial charge in [0.25, 0.3) is 5.91 Å². The Balaban J connectivity index is 2.11. The molecular weight excluding hydrogens is 316 g/mol. The lowest BCUT2D eigenvalue weighted by Crippen LogP contribution is -2.25. The molecule has 2 amide bonds. The number of hydrogen-bond acceptors (Lipinski definition) is 4. The highest BCUT2D eigenvalue weighted by atomic mass is 35.5. The van der Waals surface area contributed by atoms with Crippen LogP contribution in [0.1, 0.15) is 35.1 Å². The number of carbonyl (C=O) groups excluding carboxylic acids is 2. The smallest absolute Gasteiger partial charge is 0.253 e. The standard InChI is InChI=1S/C16H17ClN4O2/c1-3-15(22)21-14-6-11(17)4-5-13(14)16(23)20-9-12-8-18-10(2)7-19-12/h4-8H,3,9H2,1-2H3,(H,20,23)(H,21,22). The number of halogens is 1. The molecule has 2 N–H and O–H groups in total. The summed E-state index contributed by atoms with van der Waals surface area (Å²) in [7, 11) is 0. The van der Waals surface area contributed by atoms with Crippen molar-refractivity contribution >= 4 is 29.1 Å². The van der Waals surface area contributed by atoms with Crippen molar-refractivity contribution in [3.8, 4) is 0 Å². The van der Waals surface area contributed by atoms with Gasteiger partial charge >= 0.3 is 0 Å². The highest BCUT2D eigenvalue weighted by molar-refractivity contribution is 6.31. The molecule has 1 heterocycles. The molecule has 0 aliphatic carbocycles. The molecule has 1 aromatic heterocycles. The maximum Gasteiger partial charge on any atom is 0.253 e. The zero-order valence-electron chi connectivity index (χ0n) is 12.9. The largest absolute Gasteiger partial charge is 0.346 e. The average Bonchev–Trinajstić information content (AvgIpc) is 2.54. The quantitative estimate of drug-likeness (QED) is 0.881. The summed E-state index contributed by atoms with van der Waals surface area (Å²) in [4.78, 5) is 32.2. The van der Waals surface area contributed by atoms with E-state index in [1.807, 2.05) is 6.92 Å². The first kappa shape index (κ1) is 16.9. The van der Waals surface area contributed by atoms with Crippen LogP contribution in [0.25, 0.3) is 0 Å². The van der Waals surface area contributed by atoms with Gasteiger partial charge in [0, 0.05) is 17.6 Å². The summed E-state index contributed by atoms with van der Waals surface area (Å²) in [6.45, 7) is 3.82. The van der Waals surface area contributed by atoms with E-state index in [2.05, 4.69) is 20.6 Å². The third-order valence-electron chi connectivity index (χ3n) is 3.09. The summed E-state index contributed by atoms with van der Waals surface area (Å²) in [5.41, 5.74) is 2.19. The van der Waals surface area contributed by atoms with E-state index in [-0.39, 0.29) is 18.4 Å². The lowest BCUT2D eigenvalue weighted by Gasteiger charge is -2.11. The van der Waals surface area contributed by atoms with Gasteiger partial charge < -0.3 is 10.6 Å². The van der Waals surface area contributed by atoms with Crippen LogP contribution in [-0.4, -0.2) is 21.8 Å². The molecule has 1 aromatic carbocycles. The lowest BCUT2D eigenvalue weighted by atomic mass is 10.1. The van der Waals surface area contributed by atoms with Gasteiger partial charge in [0.15, 0.2) is 0 Å². The number of carbonyl (C=O) groups is 2. The van der Waals surface area contributed by atoms with E-state index in [1.165, 1.54) is 0 Å². The van der Waals surface area contributed by atoms with Crippen molar-refractivity contribution in [3.05, 3.63) is 52.6 Å². The molecule has 23 heavy (non-hydrogen) atoms. The number of hydrogen-bond donors (Lipinski definition) is 2. The topological polar surface area (TPSA) is 84.0 Å². The normalized spacial score (nSPS) is 10.2. The predicted molar refractivity (Wildman–Crippen MR) is 88.3 cm³/mol. The monoisotopic (exact) mass is 332 g/mol. The van der Waals surface area contributed by atoms with Crippen LogP contribution in [0.15, 0.2) is 30.6 Å². The van der Waals surface area contributed by atoms with Crippen LogP contribution in [-0.2, 0) is 11.3 Å². The molecule has 0 unspecified atom stereocenters. The van der Waals surface area contributed by atoms with E-state index in [0.717, 1.165) is 5.69 Å². The van der Waals surface area contributed by atoms with Crippen LogP contribution < -0.4 is 10.6 Å². The SMILES string of the molecule is CCC(=O)Nc1cc(Cl)ccc1C(=O)NCc1cnc(C)cn1. The van der Waals surface area contributed by atoms with Gasteiger partial charge in [-0.2, -0.15) is 0 Å². The minimum atomic E-state index is -0.324. The van der Waals surface area contributed by atoms with Gasteiger partial charge in [-0.15, -0.1) is 0 Å². The number of aromatic nitrogens is 2. The second-order valence-electron chi connectivity index (χ2n) is 4.92. The fourth-order valence-corrected chi connectivity index (χ4v) is 2.01. The Morgan fingerprint density at radius 3 is 2.65 bits per heavy atom. The second-order valence-corrected chi connectivity index (χ2v) is 5.36. The molecule has 0 radical (unpaired) electrons. The fraction of sp³-hybridized carbons (Fsp3) is 0.250. The van der Waals surface area contributed by atoms with E-state index >= 15 is 0 Å². The molecule has 0 aliphatic rings. The molecule has 0 saturated carbocycles. The van der Waals surface area contributed by atoms with E-state index in [1.54, 1.807) is 37.5 Å². The first-order chi connectivity index (χ1) is 11.0. The van der Waals surface area contributed by atoms with Gasteiger partial charge in [-0.05, 0) is 25.1 Å². The summed E-state index contributed by atoms with van der Waals surface area (Å²) in [6.07, 6.45) is 3.56. The summed E-state index contributed by atoms with van der Waals surface area (Å²) in [5.74, 6) is -0.513. The highest BCUT2D eigenvalue weighted by Gasteiger charge is 2.13. The molecule has 0 bridgehead atoms. The van der Waals surface area contributed by atoms with E-state index in [9.17, 15) is 9.59 Å². The molecule has 2 rings (SSSR count).